The van der Waals surface area contributed by atoms with Crippen LogP contribution in [-0.4, -0.2) is 0 Å². The first-order chi connectivity index (χ1) is 6.86. The summed E-state index contributed by atoms with van der Waals surface area (Å²) in [5.74, 6) is 1.10. The number of hydrogen-bond donors (Lipinski definition) is 1. The molecule has 72 valence electrons. The highest BCUT2D eigenvalue weighted by atomic mass is 32.1. The van der Waals surface area contributed by atoms with Crippen LogP contribution in [0.2, 0.25) is 0 Å². The number of anilines is 1. The number of nitrogens with one attached hydrogen (secondary N) is 2. The van der Waals surface area contributed by atoms with Gasteiger partial charge in [0.25, 0.3) is 5.82 Å². The third kappa shape index (κ3) is 2.12. The predicted octanol–water partition coefficient (Wildman–Crippen LogP) is 2.48. The summed E-state index contributed by atoms with van der Waals surface area (Å²) in [4.78, 5) is 4.54. The van der Waals surface area contributed by atoms with Gasteiger partial charge in [-0.3, -0.25) is 5.32 Å². The molecule has 0 aliphatic rings. The molecule has 0 aliphatic carbocycles. The van der Waals surface area contributed by atoms with Crippen LogP contribution < -0.4 is 10.3 Å². The van der Waals surface area contributed by atoms with Crippen LogP contribution in [0.3, 0.4) is 0 Å². The summed E-state index contributed by atoms with van der Waals surface area (Å²) >= 11 is 1.77. The van der Waals surface area contributed by atoms with E-state index in [1.165, 1.54) is 10.4 Å². The molecular formula is C11H13N2S+. The van der Waals surface area contributed by atoms with Gasteiger partial charge in [-0.25, -0.2) is 4.98 Å². The van der Waals surface area contributed by atoms with Crippen molar-refractivity contribution in [1.29, 1.82) is 0 Å². The van der Waals surface area contributed by atoms with Gasteiger partial charge in [0, 0.05) is 10.4 Å². The van der Waals surface area contributed by atoms with Gasteiger partial charge in [0.2, 0.25) is 0 Å². The van der Waals surface area contributed by atoms with Gasteiger partial charge < -0.3 is 0 Å². The molecule has 2 aromatic heterocycles. The van der Waals surface area contributed by atoms with Crippen molar-refractivity contribution in [1.82, 2.24) is 0 Å². The summed E-state index contributed by atoms with van der Waals surface area (Å²) in [5.41, 5.74) is 1.24. The summed E-state index contributed by atoms with van der Waals surface area (Å²) < 4.78 is 0. The minimum absolute atomic E-state index is 0.888. The normalized spacial score (nSPS) is 10.1. The zero-order valence-electron chi connectivity index (χ0n) is 8.08. The van der Waals surface area contributed by atoms with E-state index in [1.807, 2.05) is 12.3 Å². The number of thiophene rings is 1. The summed E-state index contributed by atoms with van der Waals surface area (Å²) in [7, 11) is 0. The second kappa shape index (κ2) is 4.24. The lowest BCUT2D eigenvalue weighted by atomic mass is 10.3. The standard InChI is InChI=1S/C11H12N2S/c1-9-4-2-6-12-11(9)13-8-10-5-3-7-14-10/h2-7H,8H2,1H3,(H,12,13)/p+1. The van der Waals surface area contributed by atoms with Crippen molar-refractivity contribution in [2.24, 2.45) is 0 Å². The van der Waals surface area contributed by atoms with Crippen molar-refractivity contribution < 1.29 is 4.98 Å². The highest BCUT2D eigenvalue weighted by Gasteiger charge is 2.04. The number of aryl methyl sites for hydroxylation is 1. The number of pyridine rings is 1. The summed E-state index contributed by atoms with van der Waals surface area (Å²) in [6.07, 6.45) is 1.93. The van der Waals surface area contributed by atoms with Crippen LogP contribution in [0.25, 0.3) is 0 Å². The van der Waals surface area contributed by atoms with E-state index >= 15 is 0 Å². The van der Waals surface area contributed by atoms with Gasteiger partial charge in [-0.15, -0.1) is 11.3 Å². The molecule has 2 heterocycles. The molecule has 0 atom stereocenters. The average Bonchev–Trinajstić information content (AvgIpc) is 2.69. The van der Waals surface area contributed by atoms with E-state index in [4.69, 9.17) is 0 Å². The van der Waals surface area contributed by atoms with Gasteiger partial charge in [0.05, 0.1) is 6.20 Å². The van der Waals surface area contributed by atoms with Crippen LogP contribution in [0.4, 0.5) is 5.82 Å². The molecule has 0 aromatic carbocycles. The average molecular weight is 205 g/mol. The smallest absolute Gasteiger partial charge is 0.269 e. The van der Waals surface area contributed by atoms with Crippen LogP contribution in [0.15, 0.2) is 35.8 Å². The van der Waals surface area contributed by atoms with Crippen LogP contribution in [0.1, 0.15) is 10.4 Å². The fourth-order valence-electron chi connectivity index (χ4n) is 1.30. The Balaban J connectivity index is 2.02. The van der Waals surface area contributed by atoms with Crippen LogP contribution in [0, 0.1) is 6.92 Å². The summed E-state index contributed by atoms with van der Waals surface area (Å²) in [6, 6.07) is 8.30. The molecular weight excluding hydrogens is 192 g/mol. The molecule has 0 unspecified atom stereocenters. The number of rotatable bonds is 3. The molecule has 0 radical (unpaired) electrons. The van der Waals surface area contributed by atoms with Gasteiger partial charge in [0.15, 0.2) is 0 Å². The second-order valence-electron chi connectivity index (χ2n) is 3.16. The Bertz CT molecular complexity index is 395. The van der Waals surface area contributed by atoms with Crippen LogP contribution in [-0.2, 0) is 6.54 Å². The lowest BCUT2D eigenvalue weighted by molar-refractivity contribution is -0.361. The first-order valence-electron chi connectivity index (χ1n) is 4.60. The Morgan fingerprint density at radius 2 is 2.29 bits per heavy atom. The topological polar surface area (TPSA) is 26.2 Å². The molecule has 0 bridgehead atoms. The molecule has 2 nitrogen and oxygen atoms in total. The SMILES string of the molecule is Cc1ccc[nH+]c1NCc1cccs1. The molecule has 2 aromatic rings. The fourth-order valence-corrected chi connectivity index (χ4v) is 1.94. The van der Waals surface area contributed by atoms with E-state index in [9.17, 15) is 0 Å². The van der Waals surface area contributed by atoms with Gasteiger partial charge in [0.1, 0.15) is 6.54 Å². The van der Waals surface area contributed by atoms with Crippen molar-refractivity contribution in [2.75, 3.05) is 5.32 Å². The third-order valence-electron chi connectivity index (χ3n) is 2.08. The largest absolute Gasteiger partial charge is 0.275 e. The Labute approximate surface area is 87.6 Å². The highest BCUT2D eigenvalue weighted by molar-refractivity contribution is 7.09. The lowest BCUT2D eigenvalue weighted by Crippen LogP contribution is -2.13. The Morgan fingerprint density at radius 1 is 1.36 bits per heavy atom. The van der Waals surface area contributed by atoms with E-state index in [0.717, 1.165) is 12.4 Å². The monoisotopic (exact) mass is 205 g/mol. The zero-order chi connectivity index (χ0) is 9.80. The fraction of sp³-hybridized carbons (Fsp3) is 0.182. The predicted molar refractivity (Wildman–Crippen MR) is 59.4 cm³/mol. The first kappa shape index (κ1) is 9.21. The minimum Gasteiger partial charge on any atom is -0.269 e. The maximum absolute atomic E-state index is 3.37. The first-order valence-corrected chi connectivity index (χ1v) is 5.48. The van der Waals surface area contributed by atoms with Crippen molar-refractivity contribution in [3.05, 3.63) is 46.3 Å². The van der Waals surface area contributed by atoms with E-state index in [-0.39, 0.29) is 0 Å². The lowest BCUT2D eigenvalue weighted by Gasteiger charge is -1.99. The molecule has 3 heteroatoms. The summed E-state index contributed by atoms with van der Waals surface area (Å²) in [6.45, 7) is 2.98. The number of hydrogen-bond acceptors (Lipinski definition) is 2. The maximum Gasteiger partial charge on any atom is 0.275 e. The van der Waals surface area contributed by atoms with Gasteiger partial charge in [-0.2, -0.15) is 0 Å². The molecule has 2 rings (SSSR count). The molecule has 0 saturated heterocycles. The van der Waals surface area contributed by atoms with Crippen molar-refractivity contribution in [3.63, 3.8) is 0 Å². The van der Waals surface area contributed by atoms with Crippen molar-refractivity contribution in [3.8, 4) is 0 Å². The molecule has 0 fully saturated rings. The van der Waals surface area contributed by atoms with E-state index < -0.39 is 0 Å². The van der Waals surface area contributed by atoms with Gasteiger partial charge >= 0.3 is 0 Å². The molecule has 0 amide bonds. The quantitative estimate of drug-likeness (QED) is 0.818. The van der Waals surface area contributed by atoms with Crippen LogP contribution >= 0.6 is 11.3 Å². The van der Waals surface area contributed by atoms with Crippen molar-refractivity contribution >= 4 is 17.2 Å². The second-order valence-corrected chi connectivity index (χ2v) is 4.19. The van der Waals surface area contributed by atoms with Crippen LogP contribution in [0.5, 0.6) is 0 Å². The molecule has 0 saturated carbocycles. The Hall–Kier alpha value is -1.35. The molecule has 14 heavy (non-hydrogen) atoms. The molecule has 0 aliphatic heterocycles. The Kier molecular flexibility index (Phi) is 2.79. The molecule has 0 spiro atoms. The van der Waals surface area contributed by atoms with E-state index in [0.29, 0.717) is 0 Å². The van der Waals surface area contributed by atoms with E-state index in [2.05, 4.69) is 40.8 Å². The number of aromatic nitrogens is 1. The zero-order valence-corrected chi connectivity index (χ0v) is 8.90. The van der Waals surface area contributed by atoms with Gasteiger partial charge in [-0.1, -0.05) is 6.07 Å². The number of aromatic amines is 1. The van der Waals surface area contributed by atoms with Gasteiger partial charge in [-0.05, 0) is 30.5 Å². The van der Waals surface area contributed by atoms with E-state index in [1.54, 1.807) is 11.3 Å². The van der Waals surface area contributed by atoms with Crippen molar-refractivity contribution in [2.45, 2.75) is 13.5 Å². The minimum atomic E-state index is 0.888. The third-order valence-corrected chi connectivity index (χ3v) is 2.96. The number of H-pyrrole nitrogens is 1. The Morgan fingerprint density at radius 3 is 3.00 bits per heavy atom. The molecule has 2 N–H and O–H groups in total. The maximum atomic E-state index is 3.37. The highest BCUT2D eigenvalue weighted by Crippen LogP contribution is 2.11. The summed E-state index contributed by atoms with van der Waals surface area (Å²) in [5, 5.41) is 5.47.